The van der Waals surface area contributed by atoms with Crippen LogP contribution in [0.4, 0.5) is 11.1 Å². The van der Waals surface area contributed by atoms with Gasteiger partial charge in [-0.15, -0.1) is 10.2 Å². The molecule has 7 nitrogen and oxygen atoms in total. The fourth-order valence-corrected chi connectivity index (χ4v) is 4.59. The van der Waals surface area contributed by atoms with Crippen LogP contribution in [0, 0.1) is 0 Å². The highest BCUT2D eigenvalue weighted by atomic mass is 35.5. The highest BCUT2D eigenvalue weighted by Crippen LogP contribution is 2.28. The molecule has 0 saturated heterocycles. The number of anilines is 2. The molecule has 10 heteroatoms. The number of rotatable bonds is 6. The van der Waals surface area contributed by atoms with Gasteiger partial charge in [0, 0.05) is 10.8 Å². The van der Waals surface area contributed by atoms with Gasteiger partial charge in [-0.05, 0) is 23.8 Å². The summed E-state index contributed by atoms with van der Waals surface area (Å²) in [5, 5.41) is 12.5. The Morgan fingerprint density at radius 2 is 2.04 bits per heavy atom. The second kappa shape index (κ2) is 8.17. The Balaban J connectivity index is 1.44. The van der Waals surface area contributed by atoms with Crippen molar-refractivity contribution in [1.82, 2.24) is 19.7 Å². The maximum Gasteiger partial charge on any atom is 0.246 e. The highest BCUT2D eigenvalue weighted by Gasteiger charge is 2.15. The average Bonchev–Trinajstić information content (AvgIpc) is 3.23. The van der Waals surface area contributed by atoms with Crippen LogP contribution in [0.25, 0.3) is 10.2 Å². The van der Waals surface area contributed by atoms with E-state index < -0.39 is 0 Å². The van der Waals surface area contributed by atoms with E-state index in [1.54, 1.807) is 10.6 Å². The van der Waals surface area contributed by atoms with Crippen molar-refractivity contribution in [3.63, 3.8) is 0 Å². The van der Waals surface area contributed by atoms with E-state index >= 15 is 0 Å². The molecule has 0 saturated carbocycles. The zero-order valence-corrected chi connectivity index (χ0v) is 16.9. The number of carbonyl (C=O) groups is 1. The molecular formula is C18H15ClN6OS2. The standard InChI is InChI=1S/C18H15ClN6OS2/c19-12-6-7-13-14(8-12)28-17(21-13)22-15(26)9-25-16(20)23-24-18(25)27-10-11-4-2-1-3-5-11/h1-8H,9-10H2,(H2,20,23)(H,21,22,26). The summed E-state index contributed by atoms with van der Waals surface area (Å²) in [7, 11) is 0. The van der Waals surface area contributed by atoms with Gasteiger partial charge in [0.1, 0.15) is 6.54 Å². The molecule has 2 aromatic carbocycles. The summed E-state index contributed by atoms with van der Waals surface area (Å²) in [5.74, 6) is 0.652. The highest BCUT2D eigenvalue weighted by molar-refractivity contribution is 7.98. The Morgan fingerprint density at radius 3 is 2.86 bits per heavy atom. The summed E-state index contributed by atoms with van der Waals surface area (Å²) in [5.41, 5.74) is 7.83. The van der Waals surface area contributed by atoms with Crippen LogP contribution in [-0.4, -0.2) is 25.7 Å². The monoisotopic (exact) mass is 430 g/mol. The number of nitrogens with two attached hydrogens (primary N) is 1. The van der Waals surface area contributed by atoms with Crippen LogP contribution >= 0.6 is 34.7 Å². The first-order valence-corrected chi connectivity index (χ1v) is 10.5. The third-order valence-electron chi connectivity index (χ3n) is 3.85. The third kappa shape index (κ3) is 4.27. The first kappa shape index (κ1) is 18.7. The average molecular weight is 431 g/mol. The van der Waals surface area contributed by atoms with Crippen molar-refractivity contribution in [3.8, 4) is 0 Å². The molecule has 0 unspecified atom stereocenters. The van der Waals surface area contributed by atoms with E-state index in [2.05, 4.69) is 20.5 Å². The van der Waals surface area contributed by atoms with Crippen molar-refractivity contribution < 1.29 is 4.79 Å². The molecule has 2 heterocycles. The topological polar surface area (TPSA) is 98.7 Å². The largest absolute Gasteiger partial charge is 0.368 e. The number of aromatic nitrogens is 4. The molecule has 0 aliphatic heterocycles. The number of nitrogen functional groups attached to an aromatic ring is 1. The number of halogens is 1. The van der Waals surface area contributed by atoms with Gasteiger partial charge >= 0.3 is 0 Å². The minimum absolute atomic E-state index is 0.00659. The van der Waals surface area contributed by atoms with E-state index in [1.807, 2.05) is 42.5 Å². The number of benzene rings is 2. The molecule has 0 fully saturated rings. The number of hydrogen-bond donors (Lipinski definition) is 2. The van der Waals surface area contributed by atoms with Crippen molar-refractivity contribution in [3.05, 3.63) is 59.1 Å². The minimum Gasteiger partial charge on any atom is -0.368 e. The lowest BCUT2D eigenvalue weighted by Crippen LogP contribution is -2.20. The summed E-state index contributed by atoms with van der Waals surface area (Å²) in [6.07, 6.45) is 0. The molecule has 0 bridgehead atoms. The van der Waals surface area contributed by atoms with Crippen molar-refractivity contribution >= 4 is 61.9 Å². The maximum absolute atomic E-state index is 12.5. The van der Waals surface area contributed by atoms with Crippen LogP contribution in [0.5, 0.6) is 0 Å². The van der Waals surface area contributed by atoms with E-state index in [9.17, 15) is 4.79 Å². The smallest absolute Gasteiger partial charge is 0.246 e. The van der Waals surface area contributed by atoms with Crippen LogP contribution in [0.1, 0.15) is 5.56 Å². The van der Waals surface area contributed by atoms with Gasteiger partial charge in [-0.2, -0.15) is 0 Å². The van der Waals surface area contributed by atoms with Crippen molar-refractivity contribution in [2.75, 3.05) is 11.1 Å². The molecule has 0 aliphatic carbocycles. The summed E-state index contributed by atoms with van der Waals surface area (Å²) in [6.45, 7) is 0.00659. The number of thiazole rings is 1. The first-order chi connectivity index (χ1) is 13.6. The molecule has 1 amide bonds. The quantitative estimate of drug-likeness (QED) is 0.447. The summed E-state index contributed by atoms with van der Waals surface area (Å²) in [4.78, 5) is 16.9. The van der Waals surface area contributed by atoms with Crippen molar-refractivity contribution in [2.24, 2.45) is 0 Å². The molecule has 0 radical (unpaired) electrons. The van der Waals surface area contributed by atoms with Crippen LogP contribution in [0.3, 0.4) is 0 Å². The SMILES string of the molecule is Nc1nnc(SCc2ccccc2)n1CC(=O)Nc1nc2ccc(Cl)cc2s1. The number of nitrogens with zero attached hydrogens (tertiary/aromatic N) is 4. The number of thioether (sulfide) groups is 1. The lowest BCUT2D eigenvalue weighted by Gasteiger charge is -2.07. The van der Waals surface area contributed by atoms with Gasteiger partial charge in [0.2, 0.25) is 11.9 Å². The lowest BCUT2D eigenvalue weighted by molar-refractivity contribution is -0.116. The molecule has 4 rings (SSSR count). The Bertz CT molecular complexity index is 1130. The zero-order chi connectivity index (χ0) is 19.5. The maximum atomic E-state index is 12.5. The normalized spacial score (nSPS) is 11.0. The van der Waals surface area contributed by atoms with E-state index in [4.69, 9.17) is 17.3 Å². The fourth-order valence-electron chi connectivity index (χ4n) is 2.53. The number of fused-ring (bicyclic) bond motifs is 1. The van der Waals surface area contributed by atoms with Gasteiger partial charge in [-0.1, -0.05) is 65.0 Å². The fraction of sp³-hybridized carbons (Fsp3) is 0.111. The second-order valence-electron chi connectivity index (χ2n) is 5.88. The van der Waals surface area contributed by atoms with Crippen LogP contribution in [-0.2, 0) is 17.1 Å². The first-order valence-electron chi connectivity index (χ1n) is 8.30. The predicted octanol–water partition coefficient (Wildman–Crippen LogP) is 4.05. The molecular weight excluding hydrogens is 416 g/mol. The Hall–Kier alpha value is -2.62. The van der Waals surface area contributed by atoms with Crippen molar-refractivity contribution in [1.29, 1.82) is 0 Å². The van der Waals surface area contributed by atoms with Gasteiger partial charge < -0.3 is 11.1 Å². The van der Waals surface area contributed by atoms with E-state index in [1.165, 1.54) is 23.1 Å². The molecule has 4 aromatic rings. The molecule has 142 valence electrons. The molecule has 0 aliphatic rings. The zero-order valence-electron chi connectivity index (χ0n) is 14.5. The van der Waals surface area contributed by atoms with E-state index in [-0.39, 0.29) is 18.4 Å². The van der Waals surface area contributed by atoms with Crippen molar-refractivity contribution in [2.45, 2.75) is 17.5 Å². The van der Waals surface area contributed by atoms with Gasteiger partial charge in [0.15, 0.2) is 10.3 Å². The van der Waals surface area contributed by atoms with E-state index in [0.29, 0.717) is 21.1 Å². The molecule has 3 N–H and O–H groups in total. The Kier molecular flexibility index (Phi) is 5.47. The summed E-state index contributed by atoms with van der Waals surface area (Å²) < 4.78 is 2.50. The predicted molar refractivity (Wildman–Crippen MR) is 114 cm³/mol. The molecule has 0 atom stereocenters. The van der Waals surface area contributed by atoms with Crippen LogP contribution in [0.2, 0.25) is 5.02 Å². The van der Waals surface area contributed by atoms with Gasteiger partial charge in [-0.25, -0.2) is 4.98 Å². The van der Waals surface area contributed by atoms with Gasteiger partial charge in [0.25, 0.3) is 0 Å². The molecule has 28 heavy (non-hydrogen) atoms. The van der Waals surface area contributed by atoms with Gasteiger partial charge in [0.05, 0.1) is 10.2 Å². The third-order valence-corrected chi connectivity index (χ3v) is 6.06. The Labute approximate surface area is 173 Å². The molecule has 0 spiro atoms. The Morgan fingerprint density at radius 1 is 1.21 bits per heavy atom. The van der Waals surface area contributed by atoms with Crippen LogP contribution in [0.15, 0.2) is 53.7 Å². The van der Waals surface area contributed by atoms with E-state index in [0.717, 1.165) is 15.8 Å². The number of amides is 1. The van der Waals surface area contributed by atoms with Gasteiger partial charge in [-0.3, -0.25) is 9.36 Å². The molecule has 2 aromatic heterocycles. The minimum atomic E-state index is -0.252. The second-order valence-corrected chi connectivity index (χ2v) is 8.29. The number of hydrogen-bond acceptors (Lipinski definition) is 7. The van der Waals surface area contributed by atoms with Crippen LogP contribution < -0.4 is 11.1 Å². The summed E-state index contributed by atoms with van der Waals surface area (Å²) in [6, 6.07) is 15.4. The summed E-state index contributed by atoms with van der Waals surface area (Å²) >= 11 is 8.84. The lowest BCUT2D eigenvalue weighted by atomic mass is 10.2. The number of carbonyl (C=O) groups excluding carboxylic acids is 1. The number of nitrogens with one attached hydrogen (secondary N) is 1.